The second-order valence-corrected chi connectivity index (χ2v) is 4.65. The third-order valence-corrected chi connectivity index (χ3v) is 3.45. The Kier molecular flexibility index (Phi) is 2.67. The van der Waals surface area contributed by atoms with E-state index in [1.54, 1.807) is 6.20 Å². The lowest BCUT2D eigenvalue weighted by Gasteiger charge is -2.12. The molecule has 3 aromatic rings. The average molecular weight is 249 g/mol. The van der Waals surface area contributed by atoms with Gasteiger partial charge >= 0.3 is 0 Å². The molecule has 0 saturated heterocycles. The summed E-state index contributed by atoms with van der Waals surface area (Å²) >= 11 is 0. The molecule has 1 aromatic carbocycles. The first-order chi connectivity index (χ1) is 9.18. The van der Waals surface area contributed by atoms with Crippen LogP contribution < -0.4 is 5.73 Å². The number of hydrogen-bond donors (Lipinski definition) is 1. The highest BCUT2D eigenvalue weighted by Gasteiger charge is 2.12. The van der Waals surface area contributed by atoms with Crippen molar-refractivity contribution in [2.75, 3.05) is 5.73 Å². The minimum absolute atomic E-state index is 0.795. The quantitative estimate of drug-likeness (QED) is 0.718. The fraction of sp³-hybridized carbons (Fsp3) is 0.125. The van der Waals surface area contributed by atoms with Gasteiger partial charge in [-0.15, -0.1) is 0 Å². The first-order valence-electron chi connectivity index (χ1n) is 6.25. The predicted molar refractivity (Wildman–Crippen MR) is 78.9 cm³/mol. The Morgan fingerprint density at radius 2 is 1.79 bits per heavy atom. The van der Waals surface area contributed by atoms with Gasteiger partial charge in [-0.25, -0.2) is 4.98 Å². The van der Waals surface area contributed by atoms with E-state index in [1.165, 1.54) is 0 Å². The Morgan fingerprint density at radius 3 is 2.58 bits per heavy atom. The number of hydrogen-bond acceptors (Lipinski definition) is 3. The minimum atomic E-state index is 0.795. The molecule has 0 spiro atoms. The van der Waals surface area contributed by atoms with E-state index in [2.05, 4.69) is 4.98 Å². The van der Waals surface area contributed by atoms with Gasteiger partial charge in [0.25, 0.3) is 0 Å². The lowest BCUT2D eigenvalue weighted by atomic mass is 10.0. The maximum Gasteiger partial charge on any atom is 0.0777 e. The molecule has 2 aromatic heterocycles. The summed E-state index contributed by atoms with van der Waals surface area (Å²) in [7, 11) is 0. The maximum absolute atomic E-state index is 6.25. The van der Waals surface area contributed by atoms with E-state index in [1.807, 2.05) is 50.2 Å². The Balaban J connectivity index is 2.37. The highest BCUT2D eigenvalue weighted by Crippen LogP contribution is 2.31. The Hall–Kier alpha value is -2.42. The zero-order valence-electron chi connectivity index (χ0n) is 11.0. The van der Waals surface area contributed by atoms with Crippen LogP contribution in [0.25, 0.3) is 22.2 Å². The van der Waals surface area contributed by atoms with Gasteiger partial charge < -0.3 is 5.73 Å². The fourth-order valence-corrected chi connectivity index (χ4v) is 2.33. The van der Waals surface area contributed by atoms with Crippen molar-refractivity contribution >= 4 is 16.6 Å². The van der Waals surface area contributed by atoms with E-state index < -0.39 is 0 Å². The van der Waals surface area contributed by atoms with E-state index in [0.29, 0.717) is 0 Å². The molecular formula is C16H15N3. The van der Waals surface area contributed by atoms with E-state index in [4.69, 9.17) is 10.7 Å². The molecular weight excluding hydrogens is 234 g/mol. The van der Waals surface area contributed by atoms with Crippen molar-refractivity contribution in [3.8, 4) is 11.3 Å². The number of fused-ring (bicyclic) bond motifs is 1. The van der Waals surface area contributed by atoms with E-state index in [0.717, 1.165) is 39.1 Å². The van der Waals surface area contributed by atoms with Gasteiger partial charge in [-0.05, 0) is 37.6 Å². The highest BCUT2D eigenvalue weighted by atomic mass is 14.8. The number of para-hydroxylation sites is 1. The van der Waals surface area contributed by atoms with Crippen molar-refractivity contribution in [1.82, 2.24) is 9.97 Å². The predicted octanol–water partition coefficient (Wildman–Crippen LogP) is 3.50. The van der Waals surface area contributed by atoms with E-state index in [-0.39, 0.29) is 0 Å². The standard InChI is InChI=1S/C16H15N3/c1-10-15(17)13-6-3-4-8-14(13)19-16(10)12-7-5-9-18-11(12)2/h3-9H,1-2H3,(H2,17,19). The summed E-state index contributed by atoms with van der Waals surface area (Å²) in [6.07, 6.45) is 1.79. The maximum atomic E-state index is 6.25. The van der Waals surface area contributed by atoms with Crippen LogP contribution in [0.3, 0.4) is 0 Å². The molecule has 3 nitrogen and oxygen atoms in total. The Labute approximate surface area is 112 Å². The number of nitrogens with two attached hydrogens (primary N) is 1. The van der Waals surface area contributed by atoms with Crippen LogP contribution in [-0.2, 0) is 0 Å². The SMILES string of the molecule is Cc1ncccc1-c1nc2ccccc2c(N)c1C. The molecule has 2 N–H and O–H groups in total. The lowest BCUT2D eigenvalue weighted by molar-refractivity contribution is 1.18. The van der Waals surface area contributed by atoms with Crippen LogP contribution in [0.5, 0.6) is 0 Å². The molecule has 3 heteroatoms. The summed E-state index contributed by atoms with van der Waals surface area (Å²) in [4.78, 5) is 9.07. The van der Waals surface area contributed by atoms with E-state index in [9.17, 15) is 0 Å². The van der Waals surface area contributed by atoms with Gasteiger partial charge in [0.2, 0.25) is 0 Å². The first-order valence-corrected chi connectivity index (χ1v) is 6.25. The van der Waals surface area contributed by atoms with Crippen LogP contribution in [0.15, 0.2) is 42.6 Å². The van der Waals surface area contributed by atoms with Crippen LogP contribution >= 0.6 is 0 Å². The number of nitrogen functional groups attached to an aromatic ring is 1. The van der Waals surface area contributed by atoms with Crippen molar-refractivity contribution in [2.24, 2.45) is 0 Å². The molecule has 94 valence electrons. The van der Waals surface area contributed by atoms with Crippen molar-refractivity contribution in [3.63, 3.8) is 0 Å². The number of pyridine rings is 2. The normalized spacial score (nSPS) is 10.8. The molecule has 0 bridgehead atoms. The summed E-state index contributed by atoms with van der Waals surface area (Å²) < 4.78 is 0. The van der Waals surface area contributed by atoms with Crippen LogP contribution in [-0.4, -0.2) is 9.97 Å². The van der Waals surface area contributed by atoms with Crippen LogP contribution in [0, 0.1) is 13.8 Å². The molecule has 0 aliphatic rings. The van der Waals surface area contributed by atoms with Gasteiger partial charge in [-0.3, -0.25) is 4.98 Å². The van der Waals surface area contributed by atoms with Gasteiger partial charge in [0.1, 0.15) is 0 Å². The molecule has 0 aliphatic carbocycles. The summed E-state index contributed by atoms with van der Waals surface area (Å²) in [5, 5.41) is 1.00. The van der Waals surface area contributed by atoms with Crippen molar-refractivity contribution < 1.29 is 0 Å². The largest absolute Gasteiger partial charge is 0.398 e. The molecule has 0 fully saturated rings. The lowest BCUT2D eigenvalue weighted by Crippen LogP contribution is -1.99. The summed E-state index contributed by atoms with van der Waals surface area (Å²) in [5.41, 5.74) is 11.9. The molecule has 0 amide bonds. The molecule has 0 radical (unpaired) electrons. The Morgan fingerprint density at radius 1 is 1.00 bits per heavy atom. The number of aromatic nitrogens is 2. The third-order valence-electron chi connectivity index (χ3n) is 3.45. The Bertz CT molecular complexity index is 763. The number of nitrogens with zero attached hydrogens (tertiary/aromatic N) is 2. The van der Waals surface area contributed by atoms with Crippen molar-refractivity contribution in [2.45, 2.75) is 13.8 Å². The monoisotopic (exact) mass is 249 g/mol. The van der Waals surface area contributed by atoms with Gasteiger partial charge in [0.15, 0.2) is 0 Å². The molecule has 2 heterocycles. The van der Waals surface area contributed by atoms with Crippen molar-refractivity contribution in [1.29, 1.82) is 0 Å². The summed E-state index contributed by atoms with van der Waals surface area (Å²) in [6, 6.07) is 11.9. The third kappa shape index (κ3) is 1.83. The molecule has 0 aliphatic heterocycles. The molecule has 0 unspecified atom stereocenters. The van der Waals surface area contributed by atoms with Crippen LogP contribution in [0.1, 0.15) is 11.3 Å². The summed E-state index contributed by atoms with van der Waals surface area (Å²) in [5.74, 6) is 0. The molecule has 0 saturated carbocycles. The topological polar surface area (TPSA) is 51.8 Å². The highest BCUT2D eigenvalue weighted by molar-refractivity contribution is 5.95. The smallest absolute Gasteiger partial charge is 0.0777 e. The van der Waals surface area contributed by atoms with Gasteiger partial charge in [-0.1, -0.05) is 18.2 Å². The van der Waals surface area contributed by atoms with Gasteiger partial charge in [0, 0.05) is 28.5 Å². The average Bonchev–Trinajstić information content (AvgIpc) is 2.44. The van der Waals surface area contributed by atoms with Gasteiger partial charge in [-0.2, -0.15) is 0 Å². The number of aryl methyl sites for hydroxylation is 1. The fourth-order valence-electron chi connectivity index (χ4n) is 2.33. The zero-order valence-corrected chi connectivity index (χ0v) is 11.0. The van der Waals surface area contributed by atoms with E-state index >= 15 is 0 Å². The molecule has 0 atom stereocenters. The number of anilines is 1. The number of rotatable bonds is 1. The minimum Gasteiger partial charge on any atom is -0.398 e. The second kappa shape index (κ2) is 4.35. The van der Waals surface area contributed by atoms with Crippen molar-refractivity contribution in [3.05, 3.63) is 53.9 Å². The first kappa shape index (κ1) is 11.7. The van der Waals surface area contributed by atoms with Crippen LogP contribution in [0.4, 0.5) is 5.69 Å². The zero-order chi connectivity index (χ0) is 13.4. The van der Waals surface area contributed by atoms with Gasteiger partial charge in [0.05, 0.1) is 11.2 Å². The molecule has 19 heavy (non-hydrogen) atoms. The van der Waals surface area contributed by atoms with Crippen LogP contribution in [0.2, 0.25) is 0 Å². The second-order valence-electron chi connectivity index (χ2n) is 4.65. The number of benzene rings is 1. The molecule has 3 rings (SSSR count). The summed E-state index contributed by atoms with van der Waals surface area (Å²) in [6.45, 7) is 4.00.